The Balaban J connectivity index is 2.51. The van der Waals surface area contributed by atoms with Gasteiger partial charge in [0.1, 0.15) is 5.76 Å². The van der Waals surface area contributed by atoms with Gasteiger partial charge in [-0.2, -0.15) is 0 Å². The van der Waals surface area contributed by atoms with E-state index in [2.05, 4.69) is 25.9 Å². The molecule has 0 saturated carbocycles. The molecular weight excluding hydrogens is 222 g/mol. The van der Waals surface area contributed by atoms with Crippen molar-refractivity contribution in [2.45, 2.75) is 84.0 Å². The van der Waals surface area contributed by atoms with E-state index in [0.29, 0.717) is 0 Å². The molecule has 0 saturated heterocycles. The summed E-state index contributed by atoms with van der Waals surface area (Å²) in [4.78, 5) is 0. The molecule has 2 heteroatoms. The summed E-state index contributed by atoms with van der Waals surface area (Å²) in [6.45, 7) is 6.86. The van der Waals surface area contributed by atoms with E-state index in [-0.39, 0.29) is 5.41 Å². The normalized spacial score (nSPS) is 14.6. The van der Waals surface area contributed by atoms with Gasteiger partial charge in [-0.15, -0.1) is 0 Å². The van der Waals surface area contributed by atoms with Crippen LogP contribution in [0.15, 0.2) is 16.8 Å². The Morgan fingerprint density at radius 3 is 2.17 bits per heavy atom. The topological polar surface area (TPSA) is 26.0 Å². The first-order valence-electron chi connectivity index (χ1n) is 7.64. The van der Waals surface area contributed by atoms with Crippen LogP contribution in [0, 0.1) is 0 Å². The zero-order valence-corrected chi connectivity index (χ0v) is 12.4. The Morgan fingerprint density at radius 1 is 1.00 bits per heavy atom. The first-order chi connectivity index (χ1) is 8.73. The molecule has 1 atom stereocenters. The highest BCUT2D eigenvalue weighted by Gasteiger charge is 2.29. The summed E-state index contributed by atoms with van der Waals surface area (Å²) < 4.78 is 5.44. The highest BCUT2D eigenvalue weighted by molar-refractivity contribution is 5.09. The fourth-order valence-electron chi connectivity index (χ4n) is 2.61. The molecule has 1 rings (SSSR count). The molecule has 104 valence electrons. The molecule has 0 aliphatic rings. The molecule has 1 heterocycles. The lowest BCUT2D eigenvalue weighted by Crippen LogP contribution is -2.21. The van der Waals surface area contributed by atoms with Crippen molar-refractivity contribution in [3.63, 3.8) is 0 Å². The molecule has 0 aliphatic heterocycles. The van der Waals surface area contributed by atoms with Crippen molar-refractivity contribution < 1.29 is 4.52 Å². The maximum absolute atomic E-state index is 5.44. The quantitative estimate of drug-likeness (QED) is 0.514. The molecule has 1 aromatic heterocycles. The molecule has 0 bridgehead atoms. The Kier molecular flexibility index (Phi) is 7.07. The molecule has 0 radical (unpaired) electrons. The highest BCUT2D eigenvalue weighted by Crippen LogP contribution is 2.35. The molecule has 2 nitrogen and oxygen atoms in total. The van der Waals surface area contributed by atoms with Crippen LogP contribution < -0.4 is 0 Å². The first-order valence-corrected chi connectivity index (χ1v) is 7.64. The number of aromatic nitrogens is 1. The second kappa shape index (κ2) is 8.34. The lowest BCUT2D eigenvalue weighted by Gasteiger charge is -2.26. The predicted octanol–water partition coefficient (Wildman–Crippen LogP) is 5.48. The number of nitrogens with zero attached hydrogens (tertiary/aromatic N) is 1. The van der Waals surface area contributed by atoms with E-state index in [0.717, 1.165) is 5.76 Å². The van der Waals surface area contributed by atoms with E-state index >= 15 is 0 Å². The molecule has 1 aromatic rings. The molecule has 0 amide bonds. The average Bonchev–Trinajstić information content (AvgIpc) is 2.89. The SMILES string of the molecule is CCCCCCC(C)(CCCCC)c1ccno1. The highest BCUT2D eigenvalue weighted by atomic mass is 16.5. The molecule has 0 aromatic carbocycles. The molecule has 0 fully saturated rings. The Bertz CT molecular complexity index is 294. The zero-order chi connectivity index (χ0) is 13.3. The molecule has 1 unspecified atom stereocenters. The van der Waals surface area contributed by atoms with Gasteiger partial charge < -0.3 is 4.52 Å². The third-order valence-electron chi connectivity index (χ3n) is 3.95. The van der Waals surface area contributed by atoms with Crippen LogP contribution in [0.5, 0.6) is 0 Å². The monoisotopic (exact) mass is 251 g/mol. The van der Waals surface area contributed by atoms with E-state index in [1.54, 1.807) is 6.20 Å². The summed E-state index contributed by atoms with van der Waals surface area (Å²) in [5, 5.41) is 3.89. The average molecular weight is 251 g/mol. The van der Waals surface area contributed by atoms with Gasteiger partial charge in [-0.3, -0.25) is 0 Å². The van der Waals surface area contributed by atoms with Crippen LogP contribution in [0.2, 0.25) is 0 Å². The van der Waals surface area contributed by atoms with Gasteiger partial charge in [0.05, 0.1) is 6.20 Å². The van der Waals surface area contributed by atoms with Crippen molar-refractivity contribution in [3.8, 4) is 0 Å². The molecule has 0 aliphatic carbocycles. The number of rotatable bonds is 10. The van der Waals surface area contributed by atoms with E-state index < -0.39 is 0 Å². The second-order valence-corrected chi connectivity index (χ2v) is 5.71. The first kappa shape index (κ1) is 15.3. The van der Waals surface area contributed by atoms with Crippen LogP contribution >= 0.6 is 0 Å². The van der Waals surface area contributed by atoms with E-state index in [9.17, 15) is 0 Å². The maximum Gasteiger partial charge on any atom is 0.142 e. The summed E-state index contributed by atoms with van der Waals surface area (Å²) in [6.07, 6.45) is 13.4. The van der Waals surface area contributed by atoms with Crippen LogP contribution in [0.1, 0.15) is 84.3 Å². The van der Waals surface area contributed by atoms with Crippen molar-refractivity contribution in [3.05, 3.63) is 18.0 Å². The summed E-state index contributed by atoms with van der Waals surface area (Å²) in [6, 6.07) is 2.05. The molecule has 0 N–H and O–H groups in total. The van der Waals surface area contributed by atoms with Gasteiger partial charge in [0, 0.05) is 11.5 Å². The zero-order valence-electron chi connectivity index (χ0n) is 12.4. The van der Waals surface area contributed by atoms with Crippen molar-refractivity contribution in [2.75, 3.05) is 0 Å². The van der Waals surface area contributed by atoms with E-state index in [1.807, 2.05) is 6.07 Å². The maximum atomic E-state index is 5.44. The fourth-order valence-corrected chi connectivity index (χ4v) is 2.61. The summed E-state index contributed by atoms with van der Waals surface area (Å²) in [7, 11) is 0. The summed E-state index contributed by atoms with van der Waals surface area (Å²) in [5.74, 6) is 1.08. The van der Waals surface area contributed by atoms with Gasteiger partial charge in [-0.05, 0) is 12.8 Å². The lowest BCUT2D eigenvalue weighted by atomic mass is 9.78. The number of hydrogen-bond donors (Lipinski definition) is 0. The number of hydrogen-bond acceptors (Lipinski definition) is 2. The van der Waals surface area contributed by atoms with Gasteiger partial charge in [0.25, 0.3) is 0 Å². The molecule has 18 heavy (non-hydrogen) atoms. The van der Waals surface area contributed by atoms with Gasteiger partial charge in [0.15, 0.2) is 0 Å². The van der Waals surface area contributed by atoms with Crippen molar-refractivity contribution in [1.29, 1.82) is 0 Å². The third kappa shape index (κ3) is 4.83. The molecule has 0 spiro atoms. The van der Waals surface area contributed by atoms with Crippen LogP contribution in [-0.4, -0.2) is 5.16 Å². The van der Waals surface area contributed by atoms with Crippen LogP contribution in [0.4, 0.5) is 0 Å². The Labute approximate surface area is 112 Å². The lowest BCUT2D eigenvalue weighted by molar-refractivity contribution is 0.264. The molecular formula is C16H29NO. The Morgan fingerprint density at radius 2 is 1.61 bits per heavy atom. The van der Waals surface area contributed by atoms with E-state index in [1.165, 1.54) is 57.8 Å². The minimum absolute atomic E-state index is 0.194. The van der Waals surface area contributed by atoms with Crippen molar-refractivity contribution in [2.24, 2.45) is 0 Å². The van der Waals surface area contributed by atoms with E-state index in [4.69, 9.17) is 4.52 Å². The largest absolute Gasteiger partial charge is 0.361 e. The third-order valence-corrected chi connectivity index (χ3v) is 3.95. The van der Waals surface area contributed by atoms with Crippen LogP contribution in [0.25, 0.3) is 0 Å². The minimum Gasteiger partial charge on any atom is -0.361 e. The van der Waals surface area contributed by atoms with Crippen molar-refractivity contribution >= 4 is 0 Å². The van der Waals surface area contributed by atoms with Crippen LogP contribution in [-0.2, 0) is 5.41 Å². The van der Waals surface area contributed by atoms with Crippen LogP contribution in [0.3, 0.4) is 0 Å². The second-order valence-electron chi connectivity index (χ2n) is 5.71. The van der Waals surface area contributed by atoms with Gasteiger partial charge in [-0.25, -0.2) is 0 Å². The standard InChI is InChI=1S/C16H29NO/c1-4-6-8-10-13-16(3,12-9-7-5-2)15-11-14-17-18-15/h11,14H,4-10,12-13H2,1-3H3. The summed E-state index contributed by atoms with van der Waals surface area (Å²) in [5.41, 5.74) is 0.194. The fraction of sp³-hybridized carbons (Fsp3) is 0.812. The number of unbranched alkanes of at least 4 members (excludes halogenated alkanes) is 5. The van der Waals surface area contributed by atoms with Gasteiger partial charge in [0.2, 0.25) is 0 Å². The van der Waals surface area contributed by atoms with Gasteiger partial charge >= 0.3 is 0 Å². The minimum atomic E-state index is 0.194. The van der Waals surface area contributed by atoms with Gasteiger partial charge in [-0.1, -0.05) is 70.9 Å². The Hall–Kier alpha value is -0.790. The smallest absolute Gasteiger partial charge is 0.142 e. The van der Waals surface area contributed by atoms with Crippen molar-refractivity contribution in [1.82, 2.24) is 5.16 Å². The summed E-state index contributed by atoms with van der Waals surface area (Å²) >= 11 is 0. The predicted molar refractivity (Wildman–Crippen MR) is 76.8 cm³/mol.